The van der Waals surface area contributed by atoms with E-state index in [-0.39, 0.29) is 58.3 Å². The Kier molecular flexibility index (Phi) is 14.9. The molecule has 9 nitrogen and oxygen atoms in total. The summed E-state index contributed by atoms with van der Waals surface area (Å²) in [6.45, 7) is 23.4. The molecule has 0 amide bonds. The number of allylic oxidation sites excluding steroid dienone is 1. The Morgan fingerprint density at radius 3 is 2.23 bits per heavy atom. The maximum Gasteiger partial charge on any atom is 0.309 e. The Morgan fingerprint density at radius 1 is 0.950 bits per heavy atom. The second kappa shape index (κ2) is 18.5. The van der Waals surface area contributed by atoms with Crippen molar-refractivity contribution in [1.82, 2.24) is 9.80 Å². The summed E-state index contributed by atoms with van der Waals surface area (Å²) in [5, 5.41) is 10.3. The molecular weight excluding hydrogens is 776 g/mol. The van der Waals surface area contributed by atoms with E-state index in [2.05, 4.69) is 78.4 Å². The third kappa shape index (κ3) is 9.58. The molecule has 1 aromatic carbocycles. The normalized spacial score (nSPS) is 30.3. The number of carbonyl (C=O) groups excluding carboxylic acids is 3. The lowest BCUT2D eigenvalue weighted by Gasteiger charge is -2.69. The number of carbonyl (C=O) groups is 4. The van der Waals surface area contributed by atoms with Gasteiger partial charge in [0.25, 0.3) is 0 Å². The molecule has 0 heterocycles. The number of esters is 2. The van der Waals surface area contributed by atoms with Gasteiger partial charge in [0.05, 0.1) is 11.8 Å². The van der Waals surface area contributed by atoms with Crippen molar-refractivity contribution in [2.75, 3.05) is 33.7 Å². The number of hydrogen-bond donors (Lipinski definition) is 1. The van der Waals surface area contributed by atoms with E-state index in [9.17, 15) is 24.3 Å². The number of ether oxygens (including phenoxy) is 2. The fourth-order valence-electron chi connectivity index (χ4n) is 12.7. The third-order valence-corrected chi connectivity index (χ3v) is 16.6. The summed E-state index contributed by atoms with van der Waals surface area (Å²) in [5.74, 6) is -0.746. The average molecular weight is 854 g/mol. The van der Waals surface area contributed by atoms with Gasteiger partial charge in [0.15, 0.2) is 5.78 Å². The summed E-state index contributed by atoms with van der Waals surface area (Å²) in [5.41, 5.74) is 1.49. The van der Waals surface area contributed by atoms with Crippen LogP contribution in [0.25, 0.3) is 0 Å². The minimum Gasteiger partial charge on any atom is -0.481 e. The van der Waals surface area contributed by atoms with Crippen molar-refractivity contribution in [1.29, 1.82) is 0 Å². The van der Waals surface area contributed by atoms with Crippen LogP contribution in [0.3, 0.4) is 0 Å². The molecule has 10 heteroatoms. The van der Waals surface area contributed by atoms with E-state index < -0.39 is 28.9 Å². The maximum atomic E-state index is 14.5. The number of carboxylic acids is 1. The lowest BCUT2D eigenvalue weighted by molar-refractivity contribution is -0.184. The SMILES string of the molecule is CC(=O)OC(CN(CCN(C)C)Cc1ccccc1Cl)C12CCC3(C)C(CCC4C(C)(CCC(OC(=O)CC(C)(C)C(=O)O)C(C)C)CCCC43C)C1=C(C(C)C)C(=O)C2. The zero-order chi connectivity index (χ0) is 44.6. The number of nitrogens with zero attached hydrogens (tertiary/aromatic N) is 2. The second-order valence-electron chi connectivity index (χ2n) is 21.7. The minimum absolute atomic E-state index is 0.00402. The highest BCUT2D eigenvalue weighted by Crippen LogP contribution is 2.74. The van der Waals surface area contributed by atoms with Crippen LogP contribution in [0.5, 0.6) is 0 Å². The number of fused-ring (bicyclic) bond motifs is 5. The predicted molar refractivity (Wildman–Crippen MR) is 238 cm³/mol. The van der Waals surface area contributed by atoms with Crippen LogP contribution in [0, 0.1) is 50.7 Å². The predicted octanol–water partition coefficient (Wildman–Crippen LogP) is 10.4. The van der Waals surface area contributed by atoms with Gasteiger partial charge in [0.2, 0.25) is 0 Å². The van der Waals surface area contributed by atoms with Gasteiger partial charge in [-0.05, 0) is 142 Å². The molecule has 336 valence electrons. The smallest absolute Gasteiger partial charge is 0.309 e. The van der Waals surface area contributed by atoms with Gasteiger partial charge < -0.3 is 19.5 Å². The molecular formula is C50H77ClN2O7. The molecule has 0 spiro atoms. The van der Waals surface area contributed by atoms with Crippen LogP contribution in [-0.2, 0) is 35.2 Å². The van der Waals surface area contributed by atoms with E-state index in [1.54, 1.807) is 13.8 Å². The van der Waals surface area contributed by atoms with Crippen molar-refractivity contribution >= 4 is 35.3 Å². The Morgan fingerprint density at radius 2 is 1.63 bits per heavy atom. The van der Waals surface area contributed by atoms with Crippen LogP contribution in [0.1, 0.15) is 145 Å². The molecule has 0 saturated heterocycles. The van der Waals surface area contributed by atoms with E-state index in [0.29, 0.717) is 30.5 Å². The number of Topliss-reactive ketones (excluding diaryl/α,β-unsaturated/α-hetero) is 1. The molecule has 8 unspecified atom stereocenters. The highest BCUT2D eigenvalue weighted by atomic mass is 35.5. The van der Waals surface area contributed by atoms with Crippen molar-refractivity contribution in [3.05, 3.63) is 46.0 Å². The molecule has 5 rings (SSSR count). The molecule has 1 N–H and O–H groups in total. The van der Waals surface area contributed by atoms with Crippen LogP contribution >= 0.6 is 11.6 Å². The number of ketones is 1. The minimum atomic E-state index is -1.18. The van der Waals surface area contributed by atoms with Crippen LogP contribution < -0.4 is 0 Å². The first-order valence-electron chi connectivity index (χ1n) is 22.9. The van der Waals surface area contributed by atoms with Crippen molar-refractivity contribution in [2.45, 2.75) is 159 Å². The monoisotopic (exact) mass is 853 g/mol. The number of halogens is 1. The summed E-state index contributed by atoms with van der Waals surface area (Å²) in [6, 6.07) is 7.94. The summed E-state index contributed by atoms with van der Waals surface area (Å²) in [6.07, 6.45) is 8.25. The Bertz CT molecular complexity index is 1790. The maximum absolute atomic E-state index is 14.5. The standard InChI is InChI=1S/C50H77ClN2O7/c1-32(2)39(60-42(56)29-46(6,7)45(57)58)20-23-47(8)21-15-22-49(10)40(47)19-18-36-44-43(33(3)4)38(55)28-50(44,25-24-48(36,49)9)41(59-34(5)54)31-53(27-26-52(11)12)30-35-16-13-14-17-37(35)51/h13-14,16-17,32-33,36,39-41H,15,18-31H2,1-12H3,(H,57,58). The first kappa shape index (κ1) is 48.3. The lowest BCUT2D eigenvalue weighted by Crippen LogP contribution is -2.62. The van der Waals surface area contributed by atoms with E-state index in [1.807, 2.05) is 18.2 Å². The molecule has 4 aliphatic carbocycles. The first-order chi connectivity index (χ1) is 27.9. The van der Waals surface area contributed by atoms with Gasteiger partial charge in [0.1, 0.15) is 12.2 Å². The Hall–Kier alpha value is -2.75. The van der Waals surface area contributed by atoms with Crippen LogP contribution in [-0.4, -0.2) is 84.5 Å². The molecule has 1 aromatic rings. The highest BCUT2D eigenvalue weighted by Gasteiger charge is 2.68. The van der Waals surface area contributed by atoms with Gasteiger partial charge >= 0.3 is 17.9 Å². The summed E-state index contributed by atoms with van der Waals surface area (Å²) in [4.78, 5) is 57.1. The van der Waals surface area contributed by atoms with Crippen molar-refractivity contribution < 1.29 is 33.8 Å². The number of rotatable bonds is 18. The zero-order valence-corrected chi connectivity index (χ0v) is 39.8. The number of aliphatic carboxylic acids is 1. The number of likely N-dealkylation sites (N-methyl/N-ethyl adjacent to an activating group) is 1. The van der Waals surface area contributed by atoms with Crippen LogP contribution in [0.2, 0.25) is 5.02 Å². The van der Waals surface area contributed by atoms with Gasteiger partial charge in [-0.25, -0.2) is 0 Å². The van der Waals surface area contributed by atoms with E-state index >= 15 is 0 Å². The van der Waals surface area contributed by atoms with Crippen molar-refractivity contribution in [3.8, 4) is 0 Å². The fourth-order valence-corrected chi connectivity index (χ4v) is 12.9. The highest BCUT2D eigenvalue weighted by molar-refractivity contribution is 6.31. The lowest BCUT2D eigenvalue weighted by atomic mass is 9.36. The van der Waals surface area contributed by atoms with Gasteiger partial charge in [-0.1, -0.05) is 84.7 Å². The van der Waals surface area contributed by atoms with Gasteiger partial charge in [-0.2, -0.15) is 0 Å². The quantitative estimate of drug-likeness (QED) is 0.144. The molecule has 60 heavy (non-hydrogen) atoms. The van der Waals surface area contributed by atoms with E-state index in [1.165, 1.54) is 12.5 Å². The van der Waals surface area contributed by atoms with Gasteiger partial charge in [-0.15, -0.1) is 0 Å². The molecule has 8 atom stereocenters. The molecule has 3 saturated carbocycles. The first-order valence-corrected chi connectivity index (χ1v) is 23.3. The summed E-state index contributed by atoms with van der Waals surface area (Å²) in [7, 11) is 4.14. The molecule has 0 aliphatic heterocycles. The zero-order valence-electron chi connectivity index (χ0n) is 39.0. The Balaban J connectivity index is 1.48. The van der Waals surface area contributed by atoms with Crippen LogP contribution in [0.4, 0.5) is 0 Å². The summed E-state index contributed by atoms with van der Waals surface area (Å²) >= 11 is 6.73. The Labute approximate surface area is 366 Å². The molecule has 4 aliphatic rings. The average Bonchev–Trinajstić information content (AvgIpc) is 3.45. The van der Waals surface area contributed by atoms with Crippen molar-refractivity contribution in [2.24, 2.45) is 50.7 Å². The van der Waals surface area contributed by atoms with E-state index in [0.717, 1.165) is 82.0 Å². The fraction of sp³-hybridized carbons (Fsp3) is 0.760. The van der Waals surface area contributed by atoms with Crippen molar-refractivity contribution in [3.63, 3.8) is 0 Å². The largest absolute Gasteiger partial charge is 0.481 e. The van der Waals surface area contributed by atoms with Gasteiger partial charge in [0, 0.05) is 50.0 Å². The molecule has 0 aromatic heterocycles. The number of carboxylic acid groups (broad SMARTS) is 1. The molecule has 0 bridgehead atoms. The number of benzene rings is 1. The summed E-state index contributed by atoms with van der Waals surface area (Å²) < 4.78 is 12.6. The number of hydrogen-bond acceptors (Lipinski definition) is 8. The van der Waals surface area contributed by atoms with Crippen LogP contribution in [0.15, 0.2) is 35.4 Å². The molecule has 3 fully saturated rings. The topological polar surface area (TPSA) is 113 Å². The second-order valence-corrected chi connectivity index (χ2v) is 22.1. The molecule has 0 radical (unpaired) electrons. The van der Waals surface area contributed by atoms with Gasteiger partial charge in [-0.3, -0.25) is 24.1 Å². The third-order valence-electron chi connectivity index (χ3n) is 16.2. The van der Waals surface area contributed by atoms with E-state index in [4.69, 9.17) is 21.1 Å².